The number of aliphatic carboxylic acids is 1. The summed E-state index contributed by atoms with van der Waals surface area (Å²) in [5.74, 6) is -1.18. The second kappa shape index (κ2) is 15.4. The van der Waals surface area contributed by atoms with Gasteiger partial charge in [-0.1, -0.05) is 35.3 Å². The molecule has 0 radical (unpaired) electrons. The molecule has 0 bridgehead atoms. The minimum atomic E-state index is -0.847. The second-order valence-corrected chi connectivity index (χ2v) is 15.0. The van der Waals surface area contributed by atoms with Crippen LogP contribution in [0.4, 0.5) is 0 Å². The molecule has 2 atom stereocenters. The number of methoxy groups -OCH3 is 1. The monoisotopic (exact) mass is 761 g/mol. The molecule has 0 aliphatic carbocycles. The normalized spacial score (nSPS) is 21.8. The van der Waals surface area contributed by atoms with E-state index in [-0.39, 0.29) is 18.4 Å². The van der Waals surface area contributed by atoms with Gasteiger partial charge in [0.2, 0.25) is 5.91 Å². The molecule has 2 aromatic heterocycles. The molecule has 3 aliphatic heterocycles. The topological polar surface area (TPSA) is 159 Å². The Morgan fingerprint density at radius 1 is 1.00 bits per heavy atom. The smallest absolute Gasteiger partial charge is 0.307 e. The van der Waals surface area contributed by atoms with Crippen molar-refractivity contribution in [2.75, 3.05) is 52.9 Å². The van der Waals surface area contributed by atoms with Crippen LogP contribution in [0, 0.1) is 5.92 Å². The number of halogens is 2. The van der Waals surface area contributed by atoms with Gasteiger partial charge in [0.25, 0.3) is 5.91 Å². The molecule has 0 saturated carbocycles. The molecule has 278 valence electrons. The number of carbonyl (C=O) groups excluding carboxylic acids is 2. The van der Waals surface area contributed by atoms with Crippen molar-refractivity contribution in [3.8, 4) is 11.4 Å². The summed E-state index contributed by atoms with van der Waals surface area (Å²) in [7, 11) is 1.54. The van der Waals surface area contributed by atoms with Crippen molar-refractivity contribution in [2.24, 2.45) is 5.92 Å². The van der Waals surface area contributed by atoms with Gasteiger partial charge in [-0.3, -0.25) is 24.8 Å². The van der Waals surface area contributed by atoms with Crippen LogP contribution in [-0.2, 0) is 20.4 Å². The average molecular weight is 763 g/mol. The SMILES string of the molecule is COc1ccc(-n2cnnn2)cc1C(=O)N1CCC(CCN2CCC(C(=O)NN3CCC(C(=O)O)C3)(c3cccnc3)CC2)(c2ccc(Cl)c(Cl)c2)C1. The number of nitrogens with one attached hydrogen (secondary N) is 1. The van der Waals surface area contributed by atoms with Crippen molar-refractivity contribution in [1.29, 1.82) is 0 Å². The van der Waals surface area contributed by atoms with E-state index >= 15 is 0 Å². The largest absolute Gasteiger partial charge is 0.496 e. The highest BCUT2D eigenvalue weighted by Gasteiger charge is 2.46. The highest BCUT2D eigenvalue weighted by molar-refractivity contribution is 6.42. The second-order valence-electron chi connectivity index (χ2n) is 14.2. The minimum Gasteiger partial charge on any atom is -0.496 e. The van der Waals surface area contributed by atoms with Gasteiger partial charge in [-0.2, -0.15) is 0 Å². The molecule has 2 aromatic carbocycles. The van der Waals surface area contributed by atoms with Gasteiger partial charge in [0.1, 0.15) is 12.1 Å². The number of nitrogens with zero attached hydrogens (tertiary/aromatic N) is 8. The first-order valence-electron chi connectivity index (χ1n) is 17.7. The third kappa shape index (κ3) is 7.45. The number of carboxylic acid groups (broad SMARTS) is 1. The van der Waals surface area contributed by atoms with E-state index in [1.54, 1.807) is 42.7 Å². The van der Waals surface area contributed by atoms with Gasteiger partial charge in [-0.05, 0) is 110 Å². The van der Waals surface area contributed by atoms with Gasteiger partial charge in [0.15, 0.2) is 0 Å². The lowest BCUT2D eigenvalue weighted by atomic mass is 9.72. The number of tetrazole rings is 1. The Bertz CT molecular complexity index is 1960. The van der Waals surface area contributed by atoms with Crippen LogP contribution in [0.15, 0.2) is 67.3 Å². The third-order valence-corrected chi connectivity index (χ3v) is 12.0. The number of carboxylic acids is 1. The fourth-order valence-corrected chi connectivity index (χ4v) is 8.35. The quantitative estimate of drug-likeness (QED) is 0.228. The Balaban J connectivity index is 1.08. The zero-order valence-corrected chi connectivity index (χ0v) is 30.8. The van der Waals surface area contributed by atoms with Crippen LogP contribution in [0.5, 0.6) is 5.75 Å². The van der Waals surface area contributed by atoms with E-state index in [0.717, 1.165) is 30.5 Å². The standard InChI is InChI=1S/C37H41Cl2N9O5/c1-53-32-7-5-28(48-24-41-43-44-48)20-29(32)33(49)46-18-10-36(23-46,26-4-6-30(38)31(39)19-26)9-15-45-16-11-37(12-17-45,27-3-2-13-40-21-27)35(52)42-47-14-8-25(22-47)34(50)51/h2-7,13,19-21,24-25H,8-12,14-18,22-23H2,1H3,(H,42,52)(H,50,51). The molecule has 3 aliphatic rings. The number of piperidine rings is 1. The van der Waals surface area contributed by atoms with Crippen molar-refractivity contribution in [1.82, 2.24) is 45.4 Å². The molecule has 2 unspecified atom stereocenters. The highest BCUT2D eigenvalue weighted by Crippen LogP contribution is 2.42. The van der Waals surface area contributed by atoms with Crippen LogP contribution >= 0.6 is 23.2 Å². The van der Waals surface area contributed by atoms with Crippen molar-refractivity contribution in [3.05, 3.63) is 94.0 Å². The lowest BCUT2D eigenvalue weighted by molar-refractivity contribution is -0.142. The highest BCUT2D eigenvalue weighted by atomic mass is 35.5. The van der Waals surface area contributed by atoms with Gasteiger partial charge in [-0.25, -0.2) is 9.69 Å². The maximum Gasteiger partial charge on any atom is 0.307 e. The van der Waals surface area contributed by atoms with E-state index in [9.17, 15) is 19.5 Å². The van der Waals surface area contributed by atoms with E-state index in [2.05, 4.69) is 30.8 Å². The maximum atomic E-state index is 14.2. The molecule has 3 saturated heterocycles. The maximum absolute atomic E-state index is 14.2. The van der Waals surface area contributed by atoms with Crippen LogP contribution in [0.25, 0.3) is 5.69 Å². The fourth-order valence-electron chi connectivity index (χ4n) is 8.05. The summed E-state index contributed by atoms with van der Waals surface area (Å²) >= 11 is 12.9. The van der Waals surface area contributed by atoms with E-state index in [0.29, 0.717) is 79.0 Å². The molecular formula is C37H41Cl2N9O5. The molecule has 3 fully saturated rings. The first-order valence-corrected chi connectivity index (χ1v) is 18.4. The molecule has 2 N–H and O–H groups in total. The van der Waals surface area contributed by atoms with Crippen LogP contribution in [-0.4, -0.2) is 116 Å². The lowest BCUT2D eigenvalue weighted by Crippen LogP contribution is -2.55. The predicted molar refractivity (Wildman–Crippen MR) is 196 cm³/mol. The van der Waals surface area contributed by atoms with E-state index in [4.69, 9.17) is 27.9 Å². The number of hydrazine groups is 1. The average Bonchev–Trinajstić information content (AvgIpc) is 3.98. The Morgan fingerprint density at radius 3 is 2.51 bits per heavy atom. The number of carbonyl (C=O) groups is 3. The molecule has 4 aromatic rings. The Kier molecular flexibility index (Phi) is 10.7. The molecule has 14 nitrogen and oxygen atoms in total. The van der Waals surface area contributed by atoms with E-state index in [1.807, 2.05) is 35.2 Å². The molecular weight excluding hydrogens is 721 g/mol. The van der Waals surface area contributed by atoms with Crippen molar-refractivity contribution >= 4 is 41.0 Å². The Labute approximate surface area is 317 Å². The number of pyridine rings is 1. The summed E-state index contributed by atoms with van der Waals surface area (Å²) < 4.78 is 7.09. The number of aromatic nitrogens is 5. The lowest BCUT2D eigenvalue weighted by Gasteiger charge is -2.42. The van der Waals surface area contributed by atoms with Crippen molar-refractivity contribution in [3.63, 3.8) is 0 Å². The van der Waals surface area contributed by atoms with Gasteiger partial charge in [0.05, 0.1) is 39.7 Å². The number of hydrogen-bond acceptors (Lipinski definition) is 10. The number of benzene rings is 2. The molecule has 16 heteroatoms. The molecule has 0 spiro atoms. The molecule has 2 amide bonds. The van der Waals surface area contributed by atoms with Gasteiger partial charge < -0.3 is 19.6 Å². The summed E-state index contributed by atoms with van der Waals surface area (Å²) in [6.45, 7) is 3.84. The number of amides is 2. The third-order valence-electron chi connectivity index (χ3n) is 11.3. The van der Waals surface area contributed by atoms with Gasteiger partial charge >= 0.3 is 5.97 Å². The van der Waals surface area contributed by atoms with E-state index in [1.165, 1.54) is 11.0 Å². The van der Waals surface area contributed by atoms with Crippen LogP contribution in [0.1, 0.15) is 53.6 Å². The summed E-state index contributed by atoms with van der Waals surface area (Å²) in [5.41, 5.74) is 4.76. The Hall–Kier alpha value is -4.63. The number of hydrogen-bond donors (Lipinski definition) is 2. The van der Waals surface area contributed by atoms with Crippen LogP contribution < -0.4 is 10.2 Å². The summed E-state index contributed by atoms with van der Waals surface area (Å²) in [6, 6.07) is 14.8. The van der Waals surface area contributed by atoms with Gasteiger partial charge in [-0.15, -0.1) is 5.10 Å². The summed E-state index contributed by atoms with van der Waals surface area (Å²) in [5, 5.41) is 23.5. The van der Waals surface area contributed by atoms with Crippen LogP contribution in [0.2, 0.25) is 10.0 Å². The Morgan fingerprint density at radius 2 is 1.83 bits per heavy atom. The summed E-state index contributed by atoms with van der Waals surface area (Å²) in [4.78, 5) is 48.4. The fraction of sp³-hybridized carbons (Fsp3) is 0.432. The first-order chi connectivity index (χ1) is 25.6. The number of ether oxygens (including phenoxy) is 1. The number of rotatable bonds is 11. The molecule has 5 heterocycles. The summed E-state index contributed by atoms with van der Waals surface area (Å²) in [6.07, 6.45) is 8.02. The predicted octanol–water partition coefficient (Wildman–Crippen LogP) is 4.02. The van der Waals surface area contributed by atoms with E-state index < -0.39 is 22.7 Å². The van der Waals surface area contributed by atoms with Crippen LogP contribution in [0.3, 0.4) is 0 Å². The van der Waals surface area contributed by atoms with Crippen molar-refractivity contribution < 1.29 is 24.2 Å². The zero-order chi connectivity index (χ0) is 37.2. The first kappa shape index (κ1) is 36.7. The zero-order valence-electron chi connectivity index (χ0n) is 29.3. The van der Waals surface area contributed by atoms with Gasteiger partial charge in [0, 0.05) is 44.0 Å². The van der Waals surface area contributed by atoms with Crippen molar-refractivity contribution in [2.45, 2.75) is 42.9 Å². The number of likely N-dealkylation sites (tertiary alicyclic amines) is 2. The molecule has 7 rings (SSSR count). The minimum absolute atomic E-state index is 0.131. The molecule has 53 heavy (non-hydrogen) atoms.